The van der Waals surface area contributed by atoms with E-state index < -0.39 is 0 Å². The fourth-order valence-corrected chi connectivity index (χ4v) is 4.28. The van der Waals surface area contributed by atoms with Crippen LogP contribution in [0.4, 0.5) is 0 Å². The monoisotopic (exact) mass is 407 g/mol. The lowest BCUT2D eigenvalue weighted by atomic mass is 9.93. The lowest BCUT2D eigenvalue weighted by Gasteiger charge is -2.30. The van der Waals surface area contributed by atoms with E-state index >= 15 is 0 Å². The lowest BCUT2D eigenvalue weighted by molar-refractivity contribution is 0.103. The van der Waals surface area contributed by atoms with Gasteiger partial charge in [0.15, 0.2) is 17.3 Å². The first-order valence-electron chi connectivity index (χ1n) is 10.9. The van der Waals surface area contributed by atoms with Crippen molar-refractivity contribution in [2.24, 2.45) is 5.92 Å². The number of Topliss-reactive ketones (excluding diaryl/α,β-unsaturated/α-hetero) is 1. The molecule has 30 heavy (non-hydrogen) atoms. The molecule has 4 rings (SSSR count). The van der Waals surface area contributed by atoms with Crippen molar-refractivity contribution in [1.29, 1.82) is 0 Å². The minimum Gasteiger partial charge on any atom is -0.493 e. The first-order chi connectivity index (χ1) is 14.7. The maximum atomic E-state index is 12.9. The van der Waals surface area contributed by atoms with Crippen molar-refractivity contribution in [2.45, 2.75) is 39.7 Å². The van der Waals surface area contributed by atoms with Gasteiger partial charge in [-0.2, -0.15) is 0 Å². The molecule has 4 heteroatoms. The van der Waals surface area contributed by atoms with Crippen molar-refractivity contribution in [3.63, 3.8) is 0 Å². The van der Waals surface area contributed by atoms with Crippen LogP contribution in [0.3, 0.4) is 0 Å². The van der Waals surface area contributed by atoms with E-state index in [0.717, 1.165) is 49.2 Å². The molecule has 2 aliphatic rings. The van der Waals surface area contributed by atoms with Crippen molar-refractivity contribution in [1.82, 2.24) is 4.90 Å². The summed E-state index contributed by atoms with van der Waals surface area (Å²) in [6.45, 7) is 7.16. The summed E-state index contributed by atoms with van der Waals surface area (Å²) in [7, 11) is 3.23. The zero-order valence-corrected chi connectivity index (χ0v) is 18.6. The smallest absolute Gasteiger partial charge is 0.189 e. The van der Waals surface area contributed by atoms with Crippen LogP contribution in [-0.4, -0.2) is 38.0 Å². The first kappa shape index (κ1) is 22.1. The standard InChI is InChI=1S/C24H27NO3.C2H6/c1-27-22-14-19-13-20(24(26)21(19)15-23(22)28-2)12-17-8-10-25(11-9-17)16-18-6-4-3-5-7-18;1-2/h3-7,12,14-15,17H,8-11,13,16H2,1-2H3;1-2H3/b20-12-;. The molecule has 1 saturated heterocycles. The Hall–Kier alpha value is -2.59. The van der Waals surface area contributed by atoms with Gasteiger partial charge in [0, 0.05) is 24.1 Å². The quantitative estimate of drug-likeness (QED) is 0.630. The highest BCUT2D eigenvalue weighted by Gasteiger charge is 2.28. The van der Waals surface area contributed by atoms with Crippen LogP contribution < -0.4 is 9.47 Å². The average Bonchev–Trinajstić information content (AvgIpc) is 3.10. The maximum Gasteiger partial charge on any atom is 0.189 e. The number of ether oxygens (including phenoxy) is 2. The molecule has 1 fully saturated rings. The molecule has 1 aliphatic heterocycles. The molecule has 0 bridgehead atoms. The van der Waals surface area contributed by atoms with Gasteiger partial charge in [-0.3, -0.25) is 9.69 Å². The van der Waals surface area contributed by atoms with Crippen molar-refractivity contribution in [3.8, 4) is 11.5 Å². The fourth-order valence-electron chi connectivity index (χ4n) is 4.28. The van der Waals surface area contributed by atoms with Crippen LogP contribution in [0.2, 0.25) is 0 Å². The molecular weight excluding hydrogens is 374 g/mol. The van der Waals surface area contributed by atoms with Crippen LogP contribution in [0.15, 0.2) is 54.1 Å². The molecule has 0 radical (unpaired) electrons. The Morgan fingerprint density at radius 2 is 1.63 bits per heavy atom. The minimum atomic E-state index is 0.141. The number of benzene rings is 2. The average molecular weight is 408 g/mol. The van der Waals surface area contributed by atoms with E-state index in [0.29, 0.717) is 23.8 Å². The maximum absolute atomic E-state index is 12.9. The summed E-state index contributed by atoms with van der Waals surface area (Å²) >= 11 is 0. The van der Waals surface area contributed by atoms with Crippen LogP contribution in [0, 0.1) is 5.92 Å². The molecule has 160 valence electrons. The van der Waals surface area contributed by atoms with Crippen LogP contribution in [0.25, 0.3) is 0 Å². The normalized spacial score (nSPS) is 18.0. The van der Waals surface area contributed by atoms with E-state index in [4.69, 9.17) is 9.47 Å². The number of fused-ring (bicyclic) bond motifs is 1. The summed E-state index contributed by atoms with van der Waals surface area (Å²) < 4.78 is 10.7. The van der Waals surface area contributed by atoms with Gasteiger partial charge in [-0.1, -0.05) is 50.3 Å². The predicted octanol–water partition coefficient (Wildman–Crippen LogP) is 5.31. The Morgan fingerprint density at radius 3 is 2.27 bits per heavy atom. The Labute approximate surface area is 180 Å². The molecule has 0 atom stereocenters. The van der Waals surface area contributed by atoms with Crippen LogP contribution in [-0.2, 0) is 13.0 Å². The van der Waals surface area contributed by atoms with Gasteiger partial charge in [-0.25, -0.2) is 0 Å². The summed E-state index contributed by atoms with van der Waals surface area (Å²) in [6.07, 6.45) is 5.12. The van der Waals surface area contributed by atoms with E-state index in [2.05, 4.69) is 41.3 Å². The van der Waals surface area contributed by atoms with Crippen molar-refractivity contribution >= 4 is 5.78 Å². The molecule has 0 amide bonds. The van der Waals surface area contributed by atoms with Gasteiger partial charge in [0.05, 0.1) is 14.2 Å². The van der Waals surface area contributed by atoms with Crippen molar-refractivity contribution in [2.75, 3.05) is 27.3 Å². The van der Waals surface area contributed by atoms with Gasteiger partial charge in [0.1, 0.15) is 0 Å². The highest BCUT2D eigenvalue weighted by Crippen LogP contribution is 2.37. The van der Waals surface area contributed by atoms with E-state index in [1.54, 1.807) is 14.2 Å². The number of nitrogens with zero attached hydrogens (tertiary/aromatic N) is 1. The molecule has 0 saturated carbocycles. The second kappa shape index (κ2) is 10.4. The zero-order chi connectivity index (χ0) is 21.5. The highest BCUT2D eigenvalue weighted by atomic mass is 16.5. The third kappa shape index (κ3) is 4.93. The third-order valence-electron chi connectivity index (χ3n) is 5.84. The largest absolute Gasteiger partial charge is 0.493 e. The van der Waals surface area contributed by atoms with Crippen LogP contribution in [0.1, 0.15) is 48.2 Å². The number of hydrogen-bond acceptors (Lipinski definition) is 4. The third-order valence-corrected chi connectivity index (χ3v) is 5.84. The molecule has 2 aromatic rings. The Morgan fingerprint density at radius 1 is 1.00 bits per heavy atom. The lowest BCUT2D eigenvalue weighted by Crippen LogP contribution is -2.32. The predicted molar refractivity (Wildman–Crippen MR) is 121 cm³/mol. The summed E-state index contributed by atoms with van der Waals surface area (Å²) in [5.41, 5.74) is 4.08. The summed E-state index contributed by atoms with van der Waals surface area (Å²) in [5.74, 6) is 1.92. The van der Waals surface area contributed by atoms with Gasteiger partial charge in [-0.05, 0) is 55.1 Å². The SMILES string of the molecule is CC.COc1cc2c(cc1OC)C(=O)/C(=C\C1CCN(Cc3ccccc3)CC1)C2. The van der Waals surface area contributed by atoms with E-state index in [1.165, 1.54) is 5.56 Å². The molecule has 0 aromatic heterocycles. The highest BCUT2D eigenvalue weighted by molar-refractivity contribution is 6.13. The summed E-state index contributed by atoms with van der Waals surface area (Å²) in [5, 5.41) is 0. The number of hydrogen-bond donors (Lipinski definition) is 0. The number of methoxy groups -OCH3 is 2. The van der Waals surface area contributed by atoms with Crippen molar-refractivity contribution in [3.05, 3.63) is 70.8 Å². The molecular formula is C26H33NO3. The van der Waals surface area contributed by atoms with Crippen LogP contribution >= 0.6 is 0 Å². The second-order valence-electron chi connectivity index (χ2n) is 7.66. The molecule has 4 nitrogen and oxygen atoms in total. The number of piperidine rings is 1. The Kier molecular flexibility index (Phi) is 7.69. The van der Waals surface area contributed by atoms with Gasteiger partial charge >= 0.3 is 0 Å². The van der Waals surface area contributed by atoms with Gasteiger partial charge in [0.25, 0.3) is 0 Å². The van der Waals surface area contributed by atoms with Crippen LogP contribution in [0.5, 0.6) is 11.5 Å². The fraction of sp³-hybridized carbons (Fsp3) is 0.423. The number of carbonyl (C=O) groups is 1. The van der Waals surface area contributed by atoms with E-state index in [9.17, 15) is 4.79 Å². The number of allylic oxidation sites excluding steroid dienone is 2. The minimum absolute atomic E-state index is 0.141. The Balaban J connectivity index is 0.00000124. The molecule has 0 unspecified atom stereocenters. The van der Waals surface area contributed by atoms with Crippen molar-refractivity contribution < 1.29 is 14.3 Å². The topological polar surface area (TPSA) is 38.8 Å². The molecule has 2 aromatic carbocycles. The first-order valence-corrected chi connectivity index (χ1v) is 10.9. The Bertz CT molecular complexity index is 881. The van der Waals surface area contributed by atoms with E-state index in [1.807, 2.05) is 26.0 Å². The summed E-state index contributed by atoms with van der Waals surface area (Å²) in [4.78, 5) is 15.4. The van der Waals surface area contributed by atoms with E-state index in [-0.39, 0.29) is 5.78 Å². The zero-order valence-electron chi connectivity index (χ0n) is 18.6. The summed E-state index contributed by atoms with van der Waals surface area (Å²) in [6, 6.07) is 14.4. The van der Waals surface area contributed by atoms with Gasteiger partial charge < -0.3 is 9.47 Å². The number of ketones is 1. The molecule has 1 heterocycles. The van der Waals surface area contributed by atoms with Gasteiger partial charge in [-0.15, -0.1) is 0 Å². The van der Waals surface area contributed by atoms with Gasteiger partial charge in [0.2, 0.25) is 0 Å². The number of rotatable bonds is 5. The molecule has 0 spiro atoms. The molecule has 1 aliphatic carbocycles. The second-order valence-corrected chi connectivity index (χ2v) is 7.66. The number of likely N-dealkylation sites (tertiary alicyclic amines) is 1. The molecule has 0 N–H and O–H groups in total. The number of carbonyl (C=O) groups excluding carboxylic acids is 1.